The maximum Gasteiger partial charge on any atom is 0.203 e. The minimum atomic E-state index is 0.171. The quantitative estimate of drug-likeness (QED) is 0.806. The standard InChI is InChI=1S/C12H17NO4/c1-8(7-17-13)9-5-10(14-2)12-11(6-9)15-3-4-16-12/h5-6,8H,3-4,7,13H2,1-2H3. The van der Waals surface area contributed by atoms with Crippen LogP contribution in [0.4, 0.5) is 0 Å². The van der Waals surface area contributed by atoms with Gasteiger partial charge in [0.15, 0.2) is 11.5 Å². The van der Waals surface area contributed by atoms with E-state index in [1.807, 2.05) is 19.1 Å². The van der Waals surface area contributed by atoms with Gasteiger partial charge < -0.3 is 19.0 Å². The third-order valence-corrected chi connectivity index (χ3v) is 2.77. The summed E-state index contributed by atoms with van der Waals surface area (Å²) in [5.74, 6) is 7.33. The first-order chi connectivity index (χ1) is 8.26. The summed E-state index contributed by atoms with van der Waals surface area (Å²) in [6, 6.07) is 3.87. The second-order valence-corrected chi connectivity index (χ2v) is 3.98. The first-order valence-electron chi connectivity index (χ1n) is 5.55. The molecular weight excluding hydrogens is 222 g/mol. The van der Waals surface area contributed by atoms with Gasteiger partial charge in [0.25, 0.3) is 0 Å². The van der Waals surface area contributed by atoms with Crippen molar-refractivity contribution in [3.8, 4) is 17.2 Å². The fourth-order valence-corrected chi connectivity index (χ4v) is 1.82. The van der Waals surface area contributed by atoms with Crippen molar-refractivity contribution in [3.05, 3.63) is 17.7 Å². The molecule has 0 radical (unpaired) electrons. The van der Waals surface area contributed by atoms with Gasteiger partial charge in [-0.2, -0.15) is 0 Å². The van der Waals surface area contributed by atoms with E-state index >= 15 is 0 Å². The zero-order valence-electron chi connectivity index (χ0n) is 10.1. The number of ether oxygens (including phenoxy) is 3. The molecule has 0 bridgehead atoms. The molecule has 0 fully saturated rings. The predicted molar refractivity (Wildman–Crippen MR) is 62.5 cm³/mol. The van der Waals surface area contributed by atoms with Crippen LogP contribution in [0.2, 0.25) is 0 Å². The highest BCUT2D eigenvalue weighted by Gasteiger charge is 2.20. The summed E-state index contributed by atoms with van der Waals surface area (Å²) in [6.45, 7) is 3.58. The molecule has 5 nitrogen and oxygen atoms in total. The van der Waals surface area contributed by atoms with Crippen molar-refractivity contribution in [1.82, 2.24) is 0 Å². The molecule has 1 unspecified atom stereocenters. The van der Waals surface area contributed by atoms with E-state index in [0.717, 1.165) is 11.3 Å². The first-order valence-corrected chi connectivity index (χ1v) is 5.55. The van der Waals surface area contributed by atoms with Gasteiger partial charge in [-0.15, -0.1) is 0 Å². The second kappa shape index (κ2) is 5.25. The first kappa shape index (κ1) is 12.0. The molecule has 94 valence electrons. The molecule has 17 heavy (non-hydrogen) atoms. The lowest BCUT2D eigenvalue weighted by molar-refractivity contribution is 0.126. The molecule has 0 aromatic heterocycles. The SMILES string of the molecule is COc1cc(C(C)CON)cc2c1OCCO2. The highest BCUT2D eigenvalue weighted by atomic mass is 16.6. The van der Waals surface area contributed by atoms with Gasteiger partial charge in [-0.1, -0.05) is 6.92 Å². The number of methoxy groups -OCH3 is 1. The Balaban J connectivity index is 2.35. The molecule has 1 aliphatic rings. The minimum Gasteiger partial charge on any atom is -0.493 e. The highest BCUT2D eigenvalue weighted by Crippen LogP contribution is 2.41. The smallest absolute Gasteiger partial charge is 0.203 e. The Labute approximate surface area is 100 Å². The van der Waals surface area contributed by atoms with Crippen molar-refractivity contribution in [1.29, 1.82) is 0 Å². The van der Waals surface area contributed by atoms with Gasteiger partial charge in [0.1, 0.15) is 13.2 Å². The molecule has 1 aromatic rings. The van der Waals surface area contributed by atoms with Crippen LogP contribution in [-0.4, -0.2) is 26.9 Å². The van der Waals surface area contributed by atoms with E-state index in [0.29, 0.717) is 31.3 Å². The van der Waals surface area contributed by atoms with E-state index < -0.39 is 0 Å². The minimum absolute atomic E-state index is 0.171. The Kier molecular flexibility index (Phi) is 3.71. The maximum atomic E-state index is 5.56. The molecule has 2 rings (SSSR count). The number of nitrogens with two attached hydrogens (primary N) is 1. The molecule has 0 spiro atoms. The fraction of sp³-hybridized carbons (Fsp3) is 0.500. The van der Waals surface area contributed by atoms with Gasteiger partial charge >= 0.3 is 0 Å². The van der Waals surface area contributed by atoms with E-state index in [2.05, 4.69) is 4.84 Å². The molecule has 5 heteroatoms. The van der Waals surface area contributed by atoms with Crippen LogP contribution in [0, 0.1) is 0 Å². The van der Waals surface area contributed by atoms with E-state index in [9.17, 15) is 0 Å². The van der Waals surface area contributed by atoms with Gasteiger partial charge in [-0.25, -0.2) is 5.90 Å². The number of fused-ring (bicyclic) bond motifs is 1. The van der Waals surface area contributed by atoms with Crippen molar-refractivity contribution < 1.29 is 19.0 Å². The second-order valence-electron chi connectivity index (χ2n) is 3.98. The molecule has 1 aromatic carbocycles. The van der Waals surface area contributed by atoms with E-state index in [-0.39, 0.29) is 5.92 Å². The summed E-state index contributed by atoms with van der Waals surface area (Å²) in [4.78, 5) is 4.66. The Morgan fingerprint density at radius 3 is 2.82 bits per heavy atom. The van der Waals surface area contributed by atoms with Crippen LogP contribution in [0.5, 0.6) is 17.2 Å². The third kappa shape index (κ3) is 2.45. The zero-order chi connectivity index (χ0) is 12.3. The molecule has 0 saturated carbocycles. The average molecular weight is 239 g/mol. The Bertz CT molecular complexity index is 377. The van der Waals surface area contributed by atoms with E-state index in [4.69, 9.17) is 20.1 Å². The Morgan fingerprint density at radius 2 is 2.12 bits per heavy atom. The molecule has 0 amide bonds. The Morgan fingerprint density at radius 1 is 1.35 bits per heavy atom. The van der Waals surface area contributed by atoms with Crippen LogP contribution >= 0.6 is 0 Å². The lowest BCUT2D eigenvalue weighted by Gasteiger charge is -2.22. The number of rotatable bonds is 4. The van der Waals surface area contributed by atoms with Crippen LogP contribution in [0.15, 0.2) is 12.1 Å². The van der Waals surface area contributed by atoms with Crippen molar-refractivity contribution in [2.24, 2.45) is 5.90 Å². The number of hydrogen-bond donors (Lipinski definition) is 1. The van der Waals surface area contributed by atoms with Gasteiger partial charge in [0, 0.05) is 5.92 Å². The van der Waals surface area contributed by atoms with Gasteiger partial charge in [-0.3, -0.25) is 0 Å². The average Bonchev–Trinajstić information content (AvgIpc) is 2.37. The summed E-state index contributed by atoms with van der Waals surface area (Å²) < 4.78 is 16.4. The lowest BCUT2D eigenvalue weighted by Crippen LogP contribution is -2.17. The maximum absolute atomic E-state index is 5.56. The van der Waals surface area contributed by atoms with Crippen LogP contribution in [0.1, 0.15) is 18.4 Å². The van der Waals surface area contributed by atoms with Gasteiger partial charge in [-0.05, 0) is 17.7 Å². The summed E-state index contributed by atoms with van der Waals surface area (Å²) in [7, 11) is 1.61. The molecule has 1 heterocycles. The van der Waals surface area contributed by atoms with Crippen molar-refractivity contribution in [2.45, 2.75) is 12.8 Å². The molecule has 1 aliphatic heterocycles. The molecule has 0 aliphatic carbocycles. The number of benzene rings is 1. The van der Waals surface area contributed by atoms with Crippen LogP contribution < -0.4 is 20.1 Å². The summed E-state index contributed by atoms with van der Waals surface area (Å²) in [6.07, 6.45) is 0. The molecular formula is C12H17NO4. The van der Waals surface area contributed by atoms with E-state index in [1.165, 1.54) is 0 Å². The largest absolute Gasteiger partial charge is 0.493 e. The van der Waals surface area contributed by atoms with Crippen LogP contribution in [0.25, 0.3) is 0 Å². The van der Waals surface area contributed by atoms with Crippen molar-refractivity contribution >= 4 is 0 Å². The predicted octanol–water partition coefficient (Wildman–Crippen LogP) is 1.46. The van der Waals surface area contributed by atoms with Gasteiger partial charge in [0.05, 0.1) is 13.7 Å². The number of hydrogen-bond acceptors (Lipinski definition) is 5. The highest BCUT2D eigenvalue weighted by molar-refractivity contribution is 5.55. The lowest BCUT2D eigenvalue weighted by atomic mass is 10.0. The van der Waals surface area contributed by atoms with Crippen molar-refractivity contribution in [2.75, 3.05) is 26.9 Å². The third-order valence-electron chi connectivity index (χ3n) is 2.77. The van der Waals surface area contributed by atoms with Gasteiger partial charge in [0.2, 0.25) is 5.75 Å². The monoisotopic (exact) mass is 239 g/mol. The normalized spacial score (nSPS) is 15.5. The molecule has 0 saturated heterocycles. The molecule has 2 N–H and O–H groups in total. The summed E-state index contributed by atoms with van der Waals surface area (Å²) >= 11 is 0. The molecule has 1 atom stereocenters. The summed E-state index contributed by atoms with van der Waals surface area (Å²) in [5.41, 5.74) is 1.05. The topological polar surface area (TPSA) is 62.9 Å². The Hall–Kier alpha value is -1.46. The zero-order valence-corrected chi connectivity index (χ0v) is 10.1. The van der Waals surface area contributed by atoms with Crippen molar-refractivity contribution in [3.63, 3.8) is 0 Å². The fourth-order valence-electron chi connectivity index (χ4n) is 1.82. The summed E-state index contributed by atoms with van der Waals surface area (Å²) in [5, 5.41) is 0. The van der Waals surface area contributed by atoms with E-state index in [1.54, 1.807) is 7.11 Å². The van der Waals surface area contributed by atoms with Crippen LogP contribution in [0.3, 0.4) is 0 Å². The van der Waals surface area contributed by atoms with Crippen LogP contribution in [-0.2, 0) is 4.84 Å².